The van der Waals surface area contributed by atoms with Crippen LogP contribution in [0, 0.1) is 12.7 Å². The summed E-state index contributed by atoms with van der Waals surface area (Å²) >= 11 is 1.37. The summed E-state index contributed by atoms with van der Waals surface area (Å²) in [7, 11) is 0. The number of halogens is 1. The molecule has 0 aliphatic rings. The predicted molar refractivity (Wildman–Crippen MR) is 106 cm³/mol. The van der Waals surface area contributed by atoms with Crippen molar-refractivity contribution in [1.82, 2.24) is 15.1 Å². The van der Waals surface area contributed by atoms with E-state index in [-0.39, 0.29) is 18.1 Å². The van der Waals surface area contributed by atoms with E-state index in [2.05, 4.69) is 20.4 Å². The number of thioether (sulfide) groups is 1. The van der Waals surface area contributed by atoms with Crippen molar-refractivity contribution in [3.63, 3.8) is 0 Å². The summed E-state index contributed by atoms with van der Waals surface area (Å²) < 4.78 is 24.0. The molecule has 148 valence electrons. The second-order valence-electron chi connectivity index (χ2n) is 6.35. The van der Waals surface area contributed by atoms with Gasteiger partial charge in [0.25, 0.3) is 5.22 Å². The molecule has 0 spiro atoms. The lowest BCUT2D eigenvalue weighted by Gasteiger charge is -2.07. The molecule has 9 heteroatoms. The molecule has 0 saturated carbocycles. The summed E-state index contributed by atoms with van der Waals surface area (Å²) in [5.74, 6) is 0.776. The SMILES string of the molecule is Cc1cc(F)ccc1NC(=O)CCc1nc(CSc2nc3ccccc3o2)no1. The fraction of sp³-hybridized carbons (Fsp3) is 0.200. The number of benzene rings is 2. The number of carbonyl (C=O) groups excluding carboxylic acids is 1. The first kappa shape index (κ1) is 19.1. The van der Waals surface area contributed by atoms with Gasteiger partial charge in [0, 0.05) is 18.5 Å². The summed E-state index contributed by atoms with van der Waals surface area (Å²) in [6, 6.07) is 11.7. The van der Waals surface area contributed by atoms with E-state index in [0.29, 0.717) is 40.4 Å². The Hall–Kier alpha value is -3.20. The van der Waals surface area contributed by atoms with Crippen LogP contribution >= 0.6 is 11.8 Å². The Labute approximate surface area is 169 Å². The molecule has 2 aromatic carbocycles. The highest BCUT2D eigenvalue weighted by Gasteiger charge is 2.12. The molecule has 29 heavy (non-hydrogen) atoms. The van der Waals surface area contributed by atoms with Gasteiger partial charge in [-0.3, -0.25) is 4.79 Å². The lowest BCUT2D eigenvalue weighted by atomic mass is 10.2. The van der Waals surface area contributed by atoms with Crippen LogP contribution in [0.3, 0.4) is 0 Å². The van der Waals surface area contributed by atoms with Crippen LogP contribution < -0.4 is 5.32 Å². The Bertz CT molecular complexity index is 1120. The Kier molecular flexibility index (Phi) is 5.57. The van der Waals surface area contributed by atoms with E-state index in [1.807, 2.05) is 24.3 Å². The van der Waals surface area contributed by atoms with Crippen molar-refractivity contribution in [2.24, 2.45) is 0 Å². The maximum atomic E-state index is 13.1. The molecular formula is C20H17FN4O3S. The van der Waals surface area contributed by atoms with E-state index in [9.17, 15) is 9.18 Å². The van der Waals surface area contributed by atoms with Gasteiger partial charge in [0.2, 0.25) is 11.8 Å². The van der Waals surface area contributed by atoms with Crippen molar-refractivity contribution in [3.05, 3.63) is 65.6 Å². The maximum Gasteiger partial charge on any atom is 0.257 e. The Morgan fingerprint density at radius 2 is 2.07 bits per heavy atom. The number of carbonyl (C=O) groups is 1. The van der Waals surface area contributed by atoms with E-state index in [1.54, 1.807) is 6.92 Å². The quantitative estimate of drug-likeness (QED) is 0.446. The lowest BCUT2D eigenvalue weighted by Crippen LogP contribution is -2.13. The van der Waals surface area contributed by atoms with E-state index in [1.165, 1.54) is 30.0 Å². The van der Waals surface area contributed by atoms with Crippen molar-refractivity contribution < 1.29 is 18.1 Å². The summed E-state index contributed by atoms with van der Waals surface area (Å²) in [4.78, 5) is 20.8. The van der Waals surface area contributed by atoms with Gasteiger partial charge in [-0.2, -0.15) is 4.98 Å². The van der Waals surface area contributed by atoms with E-state index in [0.717, 1.165) is 11.1 Å². The number of aryl methyl sites for hydroxylation is 2. The molecule has 2 aromatic heterocycles. The molecule has 1 amide bonds. The van der Waals surface area contributed by atoms with Crippen LogP contribution in [-0.2, 0) is 17.0 Å². The molecule has 0 bridgehead atoms. The van der Waals surface area contributed by atoms with E-state index < -0.39 is 0 Å². The van der Waals surface area contributed by atoms with Crippen molar-refractivity contribution in [1.29, 1.82) is 0 Å². The van der Waals surface area contributed by atoms with Crippen molar-refractivity contribution in [2.75, 3.05) is 5.32 Å². The molecule has 0 saturated heterocycles. The van der Waals surface area contributed by atoms with Gasteiger partial charge in [0.15, 0.2) is 11.4 Å². The lowest BCUT2D eigenvalue weighted by molar-refractivity contribution is -0.116. The molecule has 0 radical (unpaired) electrons. The number of rotatable bonds is 7. The molecular weight excluding hydrogens is 395 g/mol. The second kappa shape index (κ2) is 8.44. The van der Waals surface area contributed by atoms with Gasteiger partial charge in [-0.1, -0.05) is 29.1 Å². The van der Waals surface area contributed by atoms with Crippen molar-refractivity contribution >= 4 is 34.5 Å². The number of para-hydroxylation sites is 2. The number of anilines is 1. The average Bonchev–Trinajstić information content (AvgIpc) is 3.33. The first-order chi connectivity index (χ1) is 14.1. The van der Waals surface area contributed by atoms with Crippen molar-refractivity contribution in [3.8, 4) is 0 Å². The molecule has 4 aromatic rings. The Morgan fingerprint density at radius 1 is 1.21 bits per heavy atom. The number of fused-ring (bicyclic) bond motifs is 1. The fourth-order valence-corrected chi connectivity index (χ4v) is 3.37. The van der Waals surface area contributed by atoms with Gasteiger partial charge < -0.3 is 14.3 Å². The van der Waals surface area contributed by atoms with Crippen LogP contribution in [0.15, 0.2) is 56.6 Å². The molecule has 0 aliphatic heterocycles. The number of hydrogen-bond donors (Lipinski definition) is 1. The normalized spacial score (nSPS) is 11.1. The van der Waals surface area contributed by atoms with Crippen LogP contribution in [0.4, 0.5) is 10.1 Å². The van der Waals surface area contributed by atoms with Gasteiger partial charge in [-0.25, -0.2) is 9.37 Å². The van der Waals surface area contributed by atoms with Gasteiger partial charge in [-0.15, -0.1) is 0 Å². The summed E-state index contributed by atoms with van der Waals surface area (Å²) in [5, 5.41) is 7.21. The largest absolute Gasteiger partial charge is 0.431 e. The highest BCUT2D eigenvalue weighted by molar-refractivity contribution is 7.98. The topological polar surface area (TPSA) is 94.1 Å². The second-order valence-corrected chi connectivity index (χ2v) is 7.27. The minimum absolute atomic E-state index is 0.177. The fourth-order valence-electron chi connectivity index (χ4n) is 2.69. The molecule has 0 aliphatic carbocycles. The van der Waals surface area contributed by atoms with Crippen LogP contribution in [0.25, 0.3) is 11.1 Å². The third kappa shape index (κ3) is 4.80. The predicted octanol–water partition coefficient (Wildman–Crippen LogP) is 4.52. The minimum Gasteiger partial charge on any atom is -0.431 e. The first-order valence-electron chi connectivity index (χ1n) is 8.92. The smallest absolute Gasteiger partial charge is 0.257 e. The molecule has 0 atom stereocenters. The van der Waals surface area contributed by atoms with E-state index in [4.69, 9.17) is 8.94 Å². The van der Waals surface area contributed by atoms with Gasteiger partial charge in [0.1, 0.15) is 11.3 Å². The highest BCUT2D eigenvalue weighted by atomic mass is 32.2. The molecule has 0 unspecified atom stereocenters. The van der Waals surface area contributed by atoms with Crippen LogP contribution in [0.5, 0.6) is 0 Å². The zero-order chi connectivity index (χ0) is 20.2. The number of amides is 1. The number of hydrogen-bond acceptors (Lipinski definition) is 7. The standard InChI is InChI=1S/C20H17FN4O3S/c1-12-10-13(21)6-7-14(12)22-18(26)8-9-19-24-17(25-28-19)11-29-20-23-15-4-2-3-5-16(15)27-20/h2-7,10H,8-9,11H2,1H3,(H,22,26). The molecule has 7 nitrogen and oxygen atoms in total. The number of nitrogens with one attached hydrogen (secondary N) is 1. The molecule has 1 N–H and O–H groups in total. The highest BCUT2D eigenvalue weighted by Crippen LogP contribution is 2.25. The van der Waals surface area contributed by atoms with Gasteiger partial charge in [0.05, 0.1) is 5.75 Å². The zero-order valence-electron chi connectivity index (χ0n) is 15.5. The number of aromatic nitrogens is 3. The van der Waals surface area contributed by atoms with Crippen LogP contribution in [-0.4, -0.2) is 21.0 Å². The monoisotopic (exact) mass is 412 g/mol. The number of oxazole rings is 1. The average molecular weight is 412 g/mol. The Morgan fingerprint density at radius 3 is 2.90 bits per heavy atom. The Balaban J connectivity index is 1.28. The number of nitrogens with zero attached hydrogens (tertiary/aromatic N) is 3. The maximum absolute atomic E-state index is 13.1. The summed E-state index contributed by atoms with van der Waals surface area (Å²) in [6.07, 6.45) is 0.489. The summed E-state index contributed by atoms with van der Waals surface area (Å²) in [5.41, 5.74) is 2.77. The van der Waals surface area contributed by atoms with Crippen LogP contribution in [0.1, 0.15) is 23.7 Å². The van der Waals surface area contributed by atoms with Crippen LogP contribution in [0.2, 0.25) is 0 Å². The minimum atomic E-state index is -0.338. The summed E-state index contributed by atoms with van der Waals surface area (Å²) in [6.45, 7) is 1.73. The molecule has 0 fully saturated rings. The molecule has 2 heterocycles. The first-order valence-corrected chi connectivity index (χ1v) is 9.91. The van der Waals surface area contributed by atoms with Gasteiger partial charge >= 0.3 is 0 Å². The van der Waals surface area contributed by atoms with Crippen molar-refractivity contribution in [2.45, 2.75) is 30.7 Å². The third-order valence-electron chi connectivity index (χ3n) is 4.14. The van der Waals surface area contributed by atoms with Gasteiger partial charge in [-0.05, 0) is 42.8 Å². The zero-order valence-corrected chi connectivity index (χ0v) is 16.3. The molecule has 4 rings (SSSR count). The van der Waals surface area contributed by atoms with E-state index >= 15 is 0 Å². The third-order valence-corrected chi connectivity index (χ3v) is 4.96.